The van der Waals surface area contributed by atoms with Gasteiger partial charge < -0.3 is 24.5 Å². The van der Waals surface area contributed by atoms with Crippen molar-refractivity contribution in [3.05, 3.63) is 35.9 Å². The maximum atomic E-state index is 13.0. The highest BCUT2D eigenvalue weighted by molar-refractivity contribution is 6.74. The molecule has 32 heavy (non-hydrogen) atoms. The minimum absolute atomic E-state index is 0.0330. The molecule has 1 aromatic rings. The first-order chi connectivity index (χ1) is 14.8. The van der Waals surface area contributed by atoms with Crippen molar-refractivity contribution >= 4 is 26.3 Å². The highest BCUT2D eigenvalue weighted by atomic mass is 28.4. The van der Waals surface area contributed by atoms with Crippen molar-refractivity contribution in [2.45, 2.75) is 71.4 Å². The van der Waals surface area contributed by atoms with E-state index >= 15 is 0 Å². The Morgan fingerprint density at radius 1 is 1.03 bits per heavy atom. The third-order valence-corrected chi connectivity index (χ3v) is 10.2. The number of hydrogen-bond donors (Lipinski definition) is 2. The number of carbonyl (C=O) groups excluding carboxylic acids is 3. The fraction of sp³-hybridized carbons (Fsp3) is 0.609. The summed E-state index contributed by atoms with van der Waals surface area (Å²) in [5.41, 5.74) is 0.826. The average molecular weight is 467 g/mol. The maximum absolute atomic E-state index is 13.0. The van der Waals surface area contributed by atoms with Crippen LogP contribution in [0, 0.1) is 5.92 Å². The summed E-state index contributed by atoms with van der Waals surface area (Å²) in [6, 6.07) is 7.36. The number of amides is 2. The first kappa shape index (κ1) is 27.6. The summed E-state index contributed by atoms with van der Waals surface area (Å²) in [4.78, 5) is 37.5. The Bertz CT molecular complexity index is 762. The molecule has 0 aliphatic rings. The summed E-state index contributed by atoms with van der Waals surface area (Å²) in [6.45, 7) is 14.0. The summed E-state index contributed by atoms with van der Waals surface area (Å²) in [7, 11) is -0.925. The van der Waals surface area contributed by atoms with Crippen LogP contribution in [0.4, 0.5) is 4.79 Å². The van der Waals surface area contributed by atoms with Crippen molar-refractivity contribution in [3.63, 3.8) is 0 Å². The molecular formula is C23H38N2O6Si. The molecule has 2 N–H and O–H groups in total. The van der Waals surface area contributed by atoms with Crippen molar-refractivity contribution in [1.29, 1.82) is 0 Å². The van der Waals surface area contributed by atoms with Crippen LogP contribution < -0.4 is 10.6 Å². The topological polar surface area (TPSA) is 103 Å². The molecule has 180 valence electrons. The van der Waals surface area contributed by atoms with Crippen LogP contribution in [0.25, 0.3) is 0 Å². The molecule has 0 spiro atoms. The fourth-order valence-electron chi connectivity index (χ4n) is 2.48. The first-order valence-corrected chi connectivity index (χ1v) is 13.7. The number of esters is 1. The lowest BCUT2D eigenvalue weighted by atomic mass is 10.0. The lowest BCUT2D eigenvalue weighted by molar-refractivity contribution is -0.146. The van der Waals surface area contributed by atoms with Crippen molar-refractivity contribution in [2.24, 2.45) is 5.92 Å². The van der Waals surface area contributed by atoms with Gasteiger partial charge in [-0.3, -0.25) is 4.79 Å². The molecule has 0 heterocycles. The van der Waals surface area contributed by atoms with Crippen LogP contribution in [0.3, 0.4) is 0 Å². The van der Waals surface area contributed by atoms with Gasteiger partial charge in [0.25, 0.3) is 0 Å². The minimum atomic E-state index is -2.19. The maximum Gasteiger partial charge on any atom is 0.408 e. The Labute approximate surface area is 192 Å². The molecule has 8 nitrogen and oxygen atoms in total. The van der Waals surface area contributed by atoms with Gasteiger partial charge in [0, 0.05) is 0 Å². The van der Waals surface area contributed by atoms with E-state index in [9.17, 15) is 14.4 Å². The largest absolute Gasteiger partial charge is 0.467 e. The van der Waals surface area contributed by atoms with E-state index < -0.39 is 38.4 Å². The van der Waals surface area contributed by atoms with Crippen LogP contribution in [0.5, 0.6) is 0 Å². The third-order valence-electron chi connectivity index (χ3n) is 5.66. The summed E-state index contributed by atoms with van der Waals surface area (Å²) in [6.07, 6.45) is -0.744. The molecule has 0 radical (unpaired) electrons. The van der Waals surface area contributed by atoms with Crippen LogP contribution in [0.1, 0.15) is 40.2 Å². The predicted octanol–water partition coefficient (Wildman–Crippen LogP) is 3.62. The van der Waals surface area contributed by atoms with E-state index in [1.807, 2.05) is 30.3 Å². The molecule has 0 bridgehead atoms. The van der Waals surface area contributed by atoms with Gasteiger partial charge in [0.15, 0.2) is 8.32 Å². The molecule has 0 aromatic heterocycles. The van der Waals surface area contributed by atoms with Gasteiger partial charge >= 0.3 is 12.1 Å². The van der Waals surface area contributed by atoms with Gasteiger partial charge in [0.05, 0.1) is 13.7 Å². The molecule has 0 saturated carbocycles. The van der Waals surface area contributed by atoms with E-state index in [0.29, 0.717) is 0 Å². The lowest BCUT2D eigenvalue weighted by Crippen LogP contribution is -2.56. The van der Waals surface area contributed by atoms with Crippen molar-refractivity contribution in [2.75, 3.05) is 13.7 Å². The lowest BCUT2D eigenvalue weighted by Gasteiger charge is -2.37. The molecule has 0 saturated heterocycles. The second-order valence-electron chi connectivity index (χ2n) is 9.58. The number of ether oxygens (including phenoxy) is 2. The van der Waals surface area contributed by atoms with E-state index in [0.717, 1.165) is 5.56 Å². The molecule has 9 heteroatoms. The molecule has 0 aliphatic heterocycles. The number of alkyl carbamates (subject to hydrolysis) is 1. The summed E-state index contributed by atoms with van der Waals surface area (Å²) >= 11 is 0. The van der Waals surface area contributed by atoms with Gasteiger partial charge in [-0.2, -0.15) is 0 Å². The van der Waals surface area contributed by atoms with Gasteiger partial charge in [0.2, 0.25) is 5.91 Å². The second-order valence-corrected chi connectivity index (χ2v) is 14.4. The Hall–Kier alpha value is -2.39. The van der Waals surface area contributed by atoms with Crippen molar-refractivity contribution in [3.8, 4) is 0 Å². The van der Waals surface area contributed by atoms with E-state index in [4.69, 9.17) is 13.9 Å². The Balaban J connectivity index is 2.92. The number of benzene rings is 1. The van der Waals surface area contributed by atoms with E-state index in [1.54, 1.807) is 13.8 Å². The summed E-state index contributed by atoms with van der Waals surface area (Å²) < 4.78 is 16.2. The highest BCUT2D eigenvalue weighted by Gasteiger charge is 2.39. The summed E-state index contributed by atoms with van der Waals surface area (Å²) in [5, 5.41) is 5.18. The molecule has 1 aromatic carbocycles. The quantitative estimate of drug-likeness (QED) is 0.403. The molecule has 0 fully saturated rings. The normalized spacial score (nSPS) is 13.8. The molecule has 1 rings (SSSR count). The molecular weight excluding hydrogens is 428 g/mol. The van der Waals surface area contributed by atoms with Gasteiger partial charge in [0.1, 0.15) is 18.7 Å². The minimum Gasteiger partial charge on any atom is -0.467 e. The average Bonchev–Trinajstić information content (AvgIpc) is 2.72. The Morgan fingerprint density at radius 3 is 2.12 bits per heavy atom. The van der Waals surface area contributed by atoms with E-state index in [1.165, 1.54) is 7.11 Å². The standard InChI is InChI=1S/C23H38N2O6Si/c1-16(2)19(21(27)29-6)25-20(26)18(15-31-32(7,8)23(3,4)5)24-22(28)30-14-17-12-10-9-11-13-17/h9-13,16,18-19H,14-15H2,1-8H3,(H,24,28)(H,25,26)/t18-,19-/m0/s1. The summed E-state index contributed by atoms with van der Waals surface area (Å²) in [5.74, 6) is -1.29. The van der Waals surface area contributed by atoms with Gasteiger partial charge in [-0.25, -0.2) is 9.59 Å². The number of methoxy groups -OCH3 is 1. The Morgan fingerprint density at radius 2 is 1.62 bits per heavy atom. The monoisotopic (exact) mass is 466 g/mol. The molecule has 0 aliphatic carbocycles. The smallest absolute Gasteiger partial charge is 0.408 e. The molecule has 2 atom stereocenters. The van der Waals surface area contributed by atoms with E-state index in [-0.39, 0.29) is 24.2 Å². The fourth-order valence-corrected chi connectivity index (χ4v) is 3.49. The number of hydrogen-bond acceptors (Lipinski definition) is 6. The van der Waals surface area contributed by atoms with Gasteiger partial charge in [-0.15, -0.1) is 0 Å². The van der Waals surface area contributed by atoms with E-state index in [2.05, 4.69) is 44.5 Å². The highest BCUT2D eigenvalue weighted by Crippen LogP contribution is 2.36. The third kappa shape index (κ3) is 8.62. The number of nitrogens with one attached hydrogen (secondary N) is 2. The van der Waals surface area contributed by atoms with Gasteiger partial charge in [-0.05, 0) is 29.6 Å². The van der Waals surface area contributed by atoms with Crippen LogP contribution in [0.15, 0.2) is 30.3 Å². The van der Waals surface area contributed by atoms with Crippen LogP contribution >= 0.6 is 0 Å². The predicted molar refractivity (Wildman–Crippen MR) is 125 cm³/mol. The first-order valence-electron chi connectivity index (χ1n) is 10.8. The zero-order valence-electron chi connectivity index (χ0n) is 20.5. The second kappa shape index (κ2) is 12.0. The van der Waals surface area contributed by atoms with Crippen LogP contribution in [-0.2, 0) is 30.1 Å². The van der Waals surface area contributed by atoms with Crippen LogP contribution in [-0.4, -0.2) is 52.1 Å². The van der Waals surface area contributed by atoms with Crippen molar-refractivity contribution < 1.29 is 28.3 Å². The Kier molecular flexibility index (Phi) is 10.4. The SMILES string of the molecule is COC(=O)[C@@H](NC(=O)[C@H](CO[Si](C)(C)C(C)(C)C)NC(=O)OCc1ccccc1)C(C)C. The zero-order chi connectivity index (χ0) is 24.5. The number of rotatable bonds is 10. The molecule has 2 amide bonds. The van der Waals surface area contributed by atoms with Crippen LogP contribution in [0.2, 0.25) is 18.1 Å². The molecule has 0 unspecified atom stereocenters. The zero-order valence-corrected chi connectivity index (χ0v) is 21.5. The number of carbonyl (C=O) groups is 3. The van der Waals surface area contributed by atoms with Gasteiger partial charge in [-0.1, -0.05) is 65.0 Å². The van der Waals surface area contributed by atoms with Crippen molar-refractivity contribution in [1.82, 2.24) is 10.6 Å².